The summed E-state index contributed by atoms with van der Waals surface area (Å²) in [5, 5.41) is 8.95. The summed E-state index contributed by atoms with van der Waals surface area (Å²) in [5.41, 5.74) is 6.06. The zero-order valence-corrected chi connectivity index (χ0v) is 18.2. The fraction of sp³-hybridized carbons (Fsp3) is 0. The van der Waals surface area contributed by atoms with Crippen LogP contribution in [0.4, 0.5) is 10.1 Å². The predicted molar refractivity (Wildman–Crippen MR) is 122 cm³/mol. The third kappa shape index (κ3) is 5.68. The summed E-state index contributed by atoms with van der Waals surface area (Å²) in [4.78, 5) is 37.6. The SMILES string of the molecule is NC(=O)c1ccncc1.O=C(O)c1ccc2c(c1)C(=O)/C(=C/c1ccc(Cl)c(F)c1)S(=O)N2. The Morgan fingerprint density at radius 2 is 1.79 bits per heavy atom. The number of carbonyl (C=O) groups is 3. The van der Waals surface area contributed by atoms with Crippen molar-refractivity contribution in [1.82, 2.24) is 4.98 Å². The Balaban J connectivity index is 0.000000286. The van der Waals surface area contributed by atoms with Gasteiger partial charge in [-0.05, 0) is 54.1 Å². The van der Waals surface area contributed by atoms with Crippen LogP contribution in [0.25, 0.3) is 6.08 Å². The number of Topliss-reactive ketones (excluding diaryl/α,β-unsaturated/α-hetero) is 1. The van der Waals surface area contributed by atoms with Gasteiger partial charge in [-0.25, -0.2) is 13.4 Å². The number of hydrogen-bond donors (Lipinski definition) is 3. The van der Waals surface area contributed by atoms with Crippen molar-refractivity contribution in [2.75, 3.05) is 4.72 Å². The van der Waals surface area contributed by atoms with Gasteiger partial charge in [0.25, 0.3) is 0 Å². The number of primary amides is 1. The van der Waals surface area contributed by atoms with Gasteiger partial charge in [-0.2, -0.15) is 0 Å². The summed E-state index contributed by atoms with van der Waals surface area (Å²) < 4.78 is 28.3. The number of pyridine rings is 1. The van der Waals surface area contributed by atoms with Crippen LogP contribution in [0.3, 0.4) is 0 Å². The molecule has 0 radical (unpaired) electrons. The summed E-state index contributed by atoms with van der Waals surface area (Å²) >= 11 is 5.60. The number of hydrogen-bond acceptors (Lipinski definition) is 5. The first-order valence-electron chi connectivity index (χ1n) is 9.14. The Hall–Kier alpha value is -3.89. The van der Waals surface area contributed by atoms with Crippen LogP contribution in [0.1, 0.15) is 36.6 Å². The zero-order valence-electron chi connectivity index (χ0n) is 16.6. The van der Waals surface area contributed by atoms with Gasteiger partial charge in [0.15, 0.2) is 11.0 Å². The van der Waals surface area contributed by atoms with E-state index < -0.39 is 34.5 Å². The molecule has 0 saturated carbocycles. The van der Waals surface area contributed by atoms with Gasteiger partial charge < -0.3 is 15.6 Å². The molecule has 0 saturated heterocycles. The van der Waals surface area contributed by atoms with E-state index in [1.807, 2.05) is 0 Å². The van der Waals surface area contributed by atoms with Gasteiger partial charge in [0.1, 0.15) is 10.7 Å². The topological polar surface area (TPSA) is 139 Å². The number of nitrogens with one attached hydrogen (secondary N) is 1. The third-order valence-electron chi connectivity index (χ3n) is 4.34. The standard InChI is InChI=1S/C16H9ClFNO4S.C6H6N2O/c17-11-3-1-8(5-12(11)18)6-14-15(20)10-7-9(16(21)22)2-4-13(10)19-24(14)23;7-6(9)5-1-3-8-4-2-5/h1-7,19H,(H,21,22);1-4H,(H2,7,9)/b14-6-;. The lowest BCUT2D eigenvalue weighted by Crippen LogP contribution is -2.23. The second-order valence-electron chi connectivity index (χ2n) is 6.55. The predicted octanol–water partition coefficient (Wildman–Crippen LogP) is 3.67. The van der Waals surface area contributed by atoms with Gasteiger partial charge in [-0.1, -0.05) is 17.7 Å². The maximum atomic E-state index is 13.5. The number of nitrogens with zero attached hydrogens (tertiary/aromatic N) is 1. The van der Waals surface area contributed by atoms with E-state index in [1.165, 1.54) is 48.8 Å². The van der Waals surface area contributed by atoms with Crippen molar-refractivity contribution in [2.45, 2.75) is 0 Å². The van der Waals surface area contributed by atoms with E-state index in [-0.39, 0.29) is 26.7 Å². The molecule has 1 unspecified atom stereocenters. The van der Waals surface area contributed by atoms with E-state index in [4.69, 9.17) is 22.4 Å². The molecule has 0 fully saturated rings. The van der Waals surface area contributed by atoms with E-state index in [0.717, 1.165) is 6.07 Å². The lowest BCUT2D eigenvalue weighted by atomic mass is 10.0. The van der Waals surface area contributed by atoms with Crippen LogP contribution in [0.2, 0.25) is 5.02 Å². The molecule has 0 aliphatic carbocycles. The number of carboxylic acid groups (broad SMARTS) is 1. The van der Waals surface area contributed by atoms with Gasteiger partial charge in [0.2, 0.25) is 11.7 Å². The average molecular weight is 488 g/mol. The van der Waals surface area contributed by atoms with Gasteiger partial charge in [-0.15, -0.1) is 0 Å². The number of fused-ring (bicyclic) bond motifs is 1. The molecule has 3 aromatic rings. The molecule has 11 heteroatoms. The summed E-state index contributed by atoms with van der Waals surface area (Å²) in [7, 11) is -1.84. The summed E-state index contributed by atoms with van der Waals surface area (Å²) in [5.74, 6) is -2.85. The Morgan fingerprint density at radius 3 is 2.36 bits per heavy atom. The molecule has 1 amide bonds. The molecule has 2 aromatic carbocycles. The molecule has 4 rings (SSSR count). The first kappa shape index (κ1) is 23.8. The van der Waals surface area contributed by atoms with Crippen molar-refractivity contribution in [3.63, 3.8) is 0 Å². The Morgan fingerprint density at radius 1 is 1.09 bits per heavy atom. The van der Waals surface area contributed by atoms with E-state index in [9.17, 15) is 23.0 Å². The third-order valence-corrected chi connectivity index (χ3v) is 5.76. The minimum absolute atomic E-state index is 0.0616. The monoisotopic (exact) mass is 487 g/mol. The second kappa shape index (κ2) is 10.2. The fourth-order valence-electron chi connectivity index (χ4n) is 2.71. The molecule has 8 nitrogen and oxygen atoms in total. The van der Waals surface area contributed by atoms with Crippen LogP contribution in [0.15, 0.2) is 65.8 Å². The van der Waals surface area contributed by atoms with Crippen molar-refractivity contribution in [3.05, 3.63) is 98.9 Å². The first-order valence-corrected chi connectivity index (χ1v) is 10.7. The minimum atomic E-state index is -1.84. The van der Waals surface area contributed by atoms with Crippen LogP contribution < -0.4 is 10.5 Å². The fourth-order valence-corrected chi connectivity index (χ4v) is 3.84. The number of ketones is 1. The van der Waals surface area contributed by atoms with E-state index >= 15 is 0 Å². The number of allylic oxidation sites excluding steroid dienone is 1. The molecule has 1 aliphatic rings. The number of aromatic nitrogens is 1. The van der Waals surface area contributed by atoms with Gasteiger partial charge >= 0.3 is 5.97 Å². The highest BCUT2D eigenvalue weighted by Gasteiger charge is 2.28. The Bertz CT molecular complexity index is 1310. The van der Waals surface area contributed by atoms with Gasteiger partial charge in [0.05, 0.1) is 16.3 Å². The maximum absolute atomic E-state index is 13.5. The minimum Gasteiger partial charge on any atom is -0.478 e. The smallest absolute Gasteiger partial charge is 0.335 e. The normalized spacial score (nSPS) is 15.6. The number of benzene rings is 2. The molecule has 0 bridgehead atoms. The van der Waals surface area contributed by atoms with Crippen LogP contribution in [0, 0.1) is 5.82 Å². The maximum Gasteiger partial charge on any atom is 0.335 e. The molecule has 4 N–H and O–H groups in total. The Labute approximate surface area is 194 Å². The van der Waals surface area contributed by atoms with Crippen molar-refractivity contribution in [3.8, 4) is 0 Å². The summed E-state index contributed by atoms with van der Waals surface area (Å²) in [6, 6.07) is 11.0. The number of rotatable bonds is 3. The number of amides is 1. The van der Waals surface area contributed by atoms with Gasteiger partial charge in [0, 0.05) is 23.5 Å². The summed E-state index contributed by atoms with van der Waals surface area (Å²) in [6.07, 6.45) is 4.33. The molecular weight excluding hydrogens is 473 g/mol. The van der Waals surface area contributed by atoms with E-state index in [1.54, 1.807) is 12.1 Å². The highest BCUT2D eigenvalue weighted by Crippen LogP contribution is 2.30. The number of nitrogens with two attached hydrogens (primary N) is 1. The summed E-state index contributed by atoms with van der Waals surface area (Å²) in [6.45, 7) is 0. The van der Waals surface area contributed by atoms with Crippen molar-refractivity contribution >= 4 is 52.0 Å². The zero-order chi connectivity index (χ0) is 24.1. The van der Waals surface area contributed by atoms with Crippen LogP contribution in [-0.4, -0.2) is 32.0 Å². The quantitative estimate of drug-likeness (QED) is 0.481. The molecule has 168 valence electrons. The number of carboxylic acids is 1. The van der Waals surface area contributed by atoms with Gasteiger partial charge in [-0.3, -0.25) is 14.6 Å². The lowest BCUT2D eigenvalue weighted by molar-refractivity contribution is 0.0696. The van der Waals surface area contributed by atoms with E-state index in [0.29, 0.717) is 11.1 Å². The molecule has 2 heterocycles. The van der Waals surface area contributed by atoms with Crippen LogP contribution in [0.5, 0.6) is 0 Å². The average Bonchev–Trinajstić information content (AvgIpc) is 2.79. The molecule has 1 atom stereocenters. The van der Waals surface area contributed by atoms with E-state index in [2.05, 4.69) is 9.71 Å². The molecule has 1 aromatic heterocycles. The largest absolute Gasteiger partial charge is 0.478 e. The molecule has 0 spiro atoms. The molecule has 33 heavy (non-hydrogen) atoms. The van der Waals surface area contributed by atoms with Crippen molar-refractivity contribution in [2.24, 2.45) is 5.73 Å². The Kier molecular flexibility index (Phi) is 7.31. The highest BCUT2D eigenvalue weighted by atomic mass is 35.5. The number of halogens is 2. The lowest BCUT2D eigenvalue weighted by Gasteiger charge is -2.19. The second-order valence-corrected chi connectivity index (χ2v) is 8.14. The first-order chi connectivity index (χ1) is 15.7. The highest BCUT2D eigenvalue weighted by molar-refractivity contribution is 7.91. The van der Waals surface area contributed by atoms with Crippen molar-refractivity contribution in [1.29, 1.82) is 0 Å². The van der Waals surface area contributed by atoms with Crippen molar-refractivity contribution < 1.29 is 28.1 Å². The molecular formula is C22H15ClFN3O5S. The number of aromatic carboxylic acids is 1. The van der Waals surface area contributed by atoms with Crippen LogP contribution in [-0.2, 0) is 11.0 Å². The molecule has 1 aliphatic heterocycles. The number of carbonyl (C=O) groups excluding carboxylic acids is 2. The van der Waals surface area contributed by atoms with Crippen LogP contribution >= 0.6 is 11.6 Å². The number of anilines is 1.